The molecule has 0 aromatic heterocycles. The number of carbonyl (C=O) groups is 2. The van der Waals surface area contributed by atoms with E-state index >= 15 is 0 Å². The van der Waals surface area contributed by atoms with Crippen LogP contribution >= 0.6 is 11.8 Å². The van der Waals surface area contributed by atoms with E-state index in [1.807, 2.05) is 26.0 Å². The van der Waals surface area contributed by atoms with Crippen LogP contribution in [-0.2, 0) is 10.5 Å². The van der Waals surface area contributed by atoms with Crippen LogP contribution in [0.3, 0.4) is 0 Å². The topological polar surface area (TPSA) is 70.4 Å². The predicted molar refractivity (Wildman–Crippen MR) is 111 cm³/mol. The highest BCUT2D eigenvalue weighted by Crippen LogP contribution is 2.34. The van der Waals surface area contributed by atoms with Crippen LogP contribution in [0, 0.1) is 11.3 Å². The number of ether oxygens (including phenoxy) is 1. The van der Waals surface area contributed by atoms with Crippen LogP contribution in [0.5, 0.6) is 5.75 Å². The van der Waals surface area contributed by atoms with Crippen molar-refractivity contribution in [3.05, 3.63) is 59.2 Å². The Hall–Kier alpha value is -2.78. The number of nitriles is 1. The van der Waals surface area contributed by atoms with Crippen molar-refractivity contribution in [3.8, 4) is 11.8 Å². The monoisotopic (exact) mass is 394 g/mol. The average Bonchev–Trinajstić information content (AvgIpc) is 2.73. The van der Waals surface area contributed by atoms with Gasteiger partial charge < -0.3 is 9.64 Å². The molecule has 0 N–H and O–H groups in total. The molecule has 1 unspecified atom stereocenters. The van der Waals surface area contributed by atoms with Gasteiger partial charge in [0.05, 0.1) is 22.6 Å². The van der Waals surface area contributed by atoms with E-state index in [9.17, 15) is 9.59 Å². The van der Waals surface area contributed by atoms with Gasteiger partial charge in [-0.3, -0.25) is 9.59 Å². The number of amides is 1. The first-order chi connectivity index (χ1) is 13.5. The molecule has 2 aromatic carbocycles. The van der Waals surface area contributed by atoms with Gasteiger partial charge >= 0.3 is 0 Å². The van der Waals surface area contributed by atoms with E-state index in [1.54, 1.807) is 47.0 Å². The van der Waals surface area contributed by atoms with E-state index in [4.69, 9.17) is 10.00 Å². The van der Waals surface area contributed by atoms with E-state index in [0.717, 1.165) is 12.0 Å². The molecule has 3 rings (SSSR count). The van der Waals surface area contributed by atoms with Crippen LogP contribution in [0.15, 0.2) is 42.5 Å². The molecule has 0 spiro atoms. The standard InChI is InChI=1S/C22H22N2O3S/c1-3-10-24-19-11-18(8-9-20(19)27-13-21(24)25)22(26)15(2)28-14-17-6-4-16(12-23)5-7-17/h4-9,11,15H,3,10,13-14H2,1-2H3. The molecule has 1 amide bonds. The third-order valence-corrected chi connectivity index (χ3v) is 5.80. The van der Waals surface area contributed by atoms with Crippen LogP contribution in [0.2, 0.25) is 0 Å². The number of benzene rings is 2. The lowest BCUT2D eigenvalue weighted by Crippen LogP contribution is -2.39. The normalized spacial score (nSPS) is 14.0. The quantitative estimate of drug-likeness (QED) is 0.658. The maximum atomic E-state index is 12.9. The molecule has 1 heterocycles. The van der Waals surface area contributed by atoms with E-state index in [0.29, 0.717) is 34.9 Å². The van der Waals surface area contributed by atoms with Crippen molar-refractivity contribution in [3.63, 3.8) is 0 Å². The lowest BCUT2D eigenvalue weighted by atomic mass is 10.1. The summed E-state index contributed by atoms with van der Waals surface area (Å²) in [6, 6.07) is 14.8. The highest BCUT2D eigenvalue weighted by molar-refractivity contribution is 7.99. The molecule has 0 saturated carbocycles. The minimum Gasteiger partial charge on any atom is -0.482 e. The SMILES string of the molecule is CCCN1C(=O)COc2ccc(C(=O)C(C)SCc3ccc(C#N)cc3)cc21. The number of hydrogen-bond acceptors (Lipinski definition) is 5. The molecule has 0 saturated heterocycles. The fourth-order valence-corrected chi connectivity index (χ4v) is 3.95. The van der Waals surface area contributed by atoms with Gasteiger partial charge in [-0.05, 0) is 49.2 Å². The van der Waals surface area contributed by atoms with Crippen LogP contribution in [0.4, 0.5) is 5.69 Å². The predicted octanol–water partition coefficient (Wildman–Crippen LogP) is 4.20. The van der Waals surface area contributed by atoms with Gasteiger partial charge in [0.2, 0.25) is 0 Å². The van der Waals surface area contributed by atoms with Crippen LogP contribution in [0.25, 0.3) is 0 Å². The van der Waals surface area contributed by atoms with Gasteiger partial charge in [0.15, 0.2) is 12.4 Å². The molecule has 0 aliphatic carbocycles. The molecule has 5 nitrogen and oxygen atoms in total. The van der Waals surface area contributed by atoms with Crippen molar-refractivity contribution in [2.24, 2.45) is 0 Å². The van der Waals surface area contributed by atoms with E-state index in [-0.39, 0.29) is 23.5 Å². The molecular weight excluding hydrogens is 372 g/mol. The highest BCUT2D eigenvalue weighted by atomic mass is 32.2. The fraction of sp³-hybridized carbons (Fsp3) is 0.318. The minimum absolute atomic E-state index is 0.0240. The molecule has 0 radical (unpaired) electrons. The number of hydrogen-bond donors (Lipinski definition) is 0. The van der Waals surface area contributed by atoms with Gasteiger partial charge in [0.1, 0.15) is 5.75 Å². The van der Waals surface area contributed by atoms with Crippen molar-refractivity contribution in [1.29, 1.82) is 5.26 Å². The van der Waals surface area contributed by atoms with E-state index in [1.165, 1.54) is 0 Å². The number of fused-ring (bicyclic) bond motifs is 1. The molecular formula is C22H22N2O3S. The van der Waals surface area contributed by atoms with Crippen molar-refractivity contribution < 1.29 is 14.3 Å². The second-order valence-electron chi connectivity index (χ2n) is 6.64. The maximum Gasteiger partial charge on any atom is 0.265 e. The second-order valence-corrected chi connectivity index (χ2v) is 7.97. The summed E-state index contributed by atoms with van der Waals surface area (Å²) in [7, 11) is 0. The van der Waals surface area contributed by atoms with Crippen LogP contribution < -0.4 is 9.64 Å². The fourth-order valence-electron chi connectivity index (χ4n) is 3.03. The number of Topliss-reactive ketones (excluding diaryl/α,β-unsaturated/α-hetero) is 1. The van der Waals surface area contributed by atoms with Gasteiger partial charge in [0.25, 0.3) is 5.91 Å². The Balaban J connectivity index is 1.71. The number of carbonyl (C=O) groups excluding carboxylic acids is 2. The number of thioether (sulfide) groups is 1. The zero-order valence-corrected chi connectivity index (χ0v) is 16.8. The second kappa shape index (κ2) is 8.94. The Morgan fingerprint density at radius 3 is 2.71 bits per heavy atom. The largest absolute Gasteiger partial charge is 0.482 e. The highest BCUT2D eigenvalue weighted by Gasteiger charge is 2.26. The molecule has 2 aromatic rings. The first kappa shape index (κ1) is 20.0. The van der Waals surface area contributed by atoms with Crippen molar-refractivity contribution in [2.45, 2.75) is 31.3 Å². The Bertz CT molecular complexity index is 918. The molecule has 0 fully saturated rings. The Morgan fingerprint density at radius 1 is 1.29 bits per heavy atom. The lowest BCUT2D eigenvalue weighted by Gasteiger charge is -2.29. The third kappa shape index (κ3) is 4.37. The van der Waals surface area contributed by atoms with Crippen LogP contribution in [-0.4, -0.2) is 30.1 Å². The first-order valence-electron chi connectivity index (χ1n) is 9.25. The first-order valence-corrected chi connectivity index (χ1v) is 10.3. The Labute approximate surface area is 169 Å². The smallest absolute Gasteiger partial charge is 0.265 e. The molecule has 144 valence electrons. The number of ketones is 1. The van der Waals surface area contributed by atoms with Gasteiger partial charge in [-0.1, -0.05) is 19.1 Å². The summed E-state index contributed by atoms with van der Waals surface area (Å²) in [4.78, 5) is 26.7. The number of anilines is 1. The molecule has 0 bridgehead atoms. The molecule has 1 aliphatic heterocycles. The summed E-state index contributed by atoms with van der Waals surface area (Å²) < 4.78 is 5.50. The number of rotatable bonds is 7. The summed E-state index contributed by atoms with van der Waals surface area (Å²) in [5.74, 6) is 1.27. The summed E-state index contributed by atoms with van der Waals surface area (Å²) in [6.07, 6.45) is 0.834. The molecule has 6 heteroatoms. The summed E-state index contributed by atoms with van der Waals surface area (Å²) >= 11 is 1.55. The van der Waals surface area contributed by atoms with Gasteiger partial charge in [-0.25, -0.2) is 0 Å². The lowest BCUT2D eigenvalue weighted by molar-refractivity contribution is -0.121. The van der Waals surface area contributed by atoms with Gasteiger partial charge in [0, 0.05) is 17.9 Å². The van der Waals surface area contributed by atoms with Crippen LogP contribution in [0.1, 0.15) is 41.8 Å². The van der Waals surface area contributed by atoms with E-state index in [2.05, 4.69) is 6.07 Å². The summed E-state index contributed by atoms with van der Waals surface area (Å²) in [5, 5.41) is 8.64. The summed E-state index contributed by atoms with van der Waals surface area (Å²) in [6.45, 7) is 4.55. The zero-order chi connectivity index (χ0) is 20.1. The van der Waals surface area contributed by atoms with Gasteiger partial charge in [-0.15, -0.1) is 11.8 Å². The molecule has 1 atom stereocenters. The molecule has 28 heavy (non-hydrogen) atoms. The van der Waals surface area contributed by atoms with Crippen molar-refractivity contribution in [1.82, 2.24) is 0 Å². The Kier molecular flexibility index (Phi) is 6.37. The van der Waals surface area contributed by atoms with Gasteiger partial charge in [-0.2, -0.15) is 5.26 Å². The number of nitrogens with zero attached hydrogens (tertiary/aromatic N) is 2. The molecule has 1 aliphatic rings. The average molecular weight is 394 g/mol. The van der Waals surface area contributed by atoms with Crippen molar-refractivity contribution in [2.75, 3.05) is 18.1 Å². The Morgan fingerprint density at radius 2 is 2.04 bits per heavy atom. The van der Waals surface area contributed by atoms with E-state index < -0.39 is 0 Å². The summed E-state index contributed by atoms with van der Waals surface area (Å²) in [5.41, 5.74) is 2.95. The van der Waals surface area contributed by atoms with Crippen molar-refractivity contribution >= 4 is 29.1 Å². The zero-order valence-electron chi connectivity index (χ0n) is 16.0. The minimum atomic E-state index is -0.228. The maximum absolute atomic E-state index is 12.9. The third-order valence-electron chi connectivity index (χ3n) is 4.59.